The van der Waals surface area contributed by atoms with Crippen molar-refractivity contribution in [2.75, 3.05) is 0 Å². The minimum Gasteiger partial charge on any atom is -0.544 e. The maximum absolute atomic E-state index is 13.2. The van der Waals surface area contributed by atoms with E-state index in [1.807, 2.05) is 0 Å². The van der Waals surface area contributed by atoms with Crippen LogP contribution in [0.1, 0.15) is 0 Å². The molecule has 0 aliphatic rings. The van der Waals surface area contributed by atoms with Gasteiger partial charge in [0.15, 0.2) is 0 Å². The van der Waals surface area contributed by atoms with Gasteiger partial charge in [0.1, 0.15) is 5.97 Å². The first-order valence-electron chi connectivity index (χ1n) is 6.79. The third-order valence-corrected chi connectivity index (χ3v) is 3.71. The van der Waals surface area contributed by atoms with Crippen molar-refractivity contribution < 1.29 is 97.7 Å². The van der Waals surface area contributed by atoms with Crippen molar-refractivity contribution in [1.82, 2.24) is 6.15 Å². The molecular formula is C11H5F20NO2. The number of hydrogen-bond acceptors (Lipinski definition) is 2. The van der Waals surface area contributed by atoms with Gasteiger partial charge in [0, 0.05) is 0 Å². The van der Waals surface area contributed by atoms with Crippen LogP contribution in [-0.2, 0) is 4.79 Å². The molecule has 0 aromatic carbocycles. The van der Waals surface area contributed by atoms with Crippen molar-refractivity contribution >= 4 is 5.97 Å². The molecule has 0 aromatic rings. The highest BCUT2D eigenvalue weighted by molar-refractivity contribution is 5.75. The molecule has 34 heavy (non-hydrogen) atoms. The molecule has 4 N–H and O–H groups in total. The summed E-state index contributed by atoms with van der Waals surface area (Å²) < 4.78 is 257. The number of aliphatic carboxylic acids is 1. The van der Waals surface area contributed by atoms with Crippen LogP contribution in [-0.4, -0.2) is 65.7 Å². The van der Waals surface area contributed by atoms with Gasteiger partial charge in [-0.25, -0.2) is 8.78 Å². The van der Waals surface area contributed by atoms with Gasteiger partial charge in [-0.3, -0.25) is 0 Å². The summed E-state index contributed by atoms with van der Waals surface area (Å²) in [4.78, 5) is 9.72. The van der Waals surface area contributed by atoms with Crippen LogP contribution in [0.15, 0.2) is 0 Å². The van der Waals surface area contributed by atoms with Crippen molar-refractivity contribution in [3.05, 3.63) is 0 Å². The van der Waals surface area contributed by atoms with E-state index in [2.05, 4.69) is 0 Å². The van der Waals surface area contributed by atoms with Gasteiger partial charge in [0.2, 0.25) is 0 Å². The fraction of sp³-hybridized carbons (Fsp3) is 0.909. The minimum absolute atomic E-state index is 0. The first-order chi connectivity index (χ1) is 13.9. The van der Waals surface area contributed by atoms with E-state index in [9.17, 15) is 97.7 Å². The summed E-state index contributed by atoms with van der Waals surface area (Å²) in [6.07, 6.45) is -6.14. The molecule has 0 saturated carbocycles. The molecule has 0 heterocycles. The summed E-state index contributed by atoms with van der Waals surface area (Å²) >= 11 is 0. The Bertz CT molecular complexity index is 758. The van der Waals surface area contributed by atoms with Crippen LogP contribution in [0, 0.1) is 0 Å². The van der Waals surface area contributed by atoms with Crippen molar-refractivity contribution in [3.8, 4) is 0 Å². The second-order valence-corrected chi connectivity index (χ2v) is 5.81. The van der Waals surface area contributed by atoms with E-state index in [-0.39, 0.29) is 6.15 Å². The lowest BCUT2D eigenvalue weighted by molar-refractivity contribution is -0.466. The molecule has 23 heteroatoms. The first-order valence-corrected chi connectivity index (χ1v) is 6.79. The van der Waals surface area contributed by atoms with Crippen LogP contribution in [0.3, 0.4) is 0 Å². The van der Waals surface area contributed by atoms with Gasteiger partial charge >= 0.3 is 59.7 Å². The van der Waals surface area contributed by atoms with Gasteiger partial charge in [0.05, 0.1) is 0 Å². The van der Waals surface area contributed by atoms with Gasteiger partial charge in [-0.15, -0.1) is 0 Å². The van der Waals surface area contributed by atoms with Crippen LogP contribution in [0.25, 0.3) is 0 Å². The van der Waals surface area contributed by atoms with E-state index in [4.69, 9.17) is 0 Å². The Morgan fingerprint density at radius 2 is 0.676 bits per heavy atom. The highest BCUT2D eigenvalue weighted by Crippen LogP contribution is 2.65. The number of carboxylic acids is 1. The lowest BCUT2D eigenvalue weighted by atomic mass is 9.86. The Morgan fingerprint density at radius 3 is 0.882 bits per heavy atom. The number of halogens is 20. The predicted molar refractivity (Wildman–Crippen MR) is 61.5 cm³/mol. The quantitative estimate of drug-likeness (QED) is 0.376. The van der Waals surface area contributed by atoms with E-state index < -0.39 is 65.7 Å². The fourth-order valence-electron chi connectivity index (χ4n) is 1.66. The molecule has 0 aliphatic heterocycles. The van der Waals surface area contributed by atoms with Gasteiger partial charge in [-0.2, -0.15) is 79.0 Å². The van der Waals surface area contributed by atoms with Crippen LogP contribution in [0.4, 0.5) is 87.8 Å². The van der Waals surface area contributed by atoms with Crippen molar-refractivity contribution in [1.29, 1.82) is 0 Å². The van der Waals surface area contributed by atoms with E-state index in [0.29, 0.717) is 0 Å². The Hall–Kier alpha value is -1.97. The summed E-state index contributed by atoms with van der Waals surface area (Å²) in [6, 6.07) is 0. The minimum atomic E-state index is -9.17. The summed E-state index contributed by atoms with van der Waals surface area (Å²) in [5.74, 6) is -82.3. The molecule has 0 bridgehead atoms. The number of carboxylic acid groups (broad SMARTS) is 1. The van der Waals surface area contributed by atoms with Gasteiger partial charge in [-0.05, 0) is 0 Å². The van der Waals surface area contributed by atoms with Crippen LogP contribution in [0.2, 0.25) is 0 Å². The van der Waals surface area contributed by atoms with Gasteiger partial charge < -0.3 is 16.1 Å². The summed E-state index contributed by atoms with van der Waals surface area (Å²) in [7, 11) is 0. The summed E-state index contributed by atoms with van der Waals surface area (Å²) in [5.41, 5.74) is 0. The molecule has 0 spiro atoms. The molecule has 0 aromatic heterocycles. The summed E-state index contributed by atoms with van der Waals surface area (Å²) in [5, 5.41) is 9.72. The average molecular weight is 563 g/mol. The number of rotatable bonds is 10. The molecule has 0 fully saturated rings. The third-order valence-electron chi connectivity index (χ3n) is 3.71. The zero-order chi connectivity index (χ0) is 27.7. The SMILES string of the molecule is O=C([O-])C(F)(F)C(F)(F)C(F)(F)C(F)(F)C(F)(F)C(F)(F)C(F)(F)C(F)(F)C(F)(F)C(F)F.[NH4+]. The number of quaternary nitrogens is 1. The van der Waals surface area contributed by atoms with Crippen LogP contribution >= 0.6 is 0 Å². The second kappa shape index (κ2) is 8.31. The fourth-order valence-corrected chi connectivity index (χ4v) is 1.66. The predicted octanol–water partition coefficient (Wildman–Crippen LogP) is 5.10. The average Bonchev–Trinajstić information content (AvgIpc) is 2.59. The maximum atomic E-state index is 13.2. The molecule has 0 aliphatic carbocycles. The Morgan fingerprint density at radius 1 is 0.471 bits per heavy atom. The molecule has 0 saturated heterocycles. The number of alkyl halides is 20. The Balaban J connectivity index is 0. The maximum Gasteiger partial charge on any atom is 0.385 e. The Kier molecular flexibility index (Phi) is 8.36. The molecule has 206 valence electrons. The molecule has 0 unspecified atom stereocenters. The normalized spacial score (nSPS) is 15.9. The van der Waals surface area contributed by atoms with Gasteiger partial charge in [0.25, 0.3) is 0 Å². The van der Waals surface area contributed by atoms with E-state index in [1.165, 1.54) is 0 Å². The number of hydrogen-bond donors (Lipinski definition) is 1. The first kappa shape index (κ1) is 34.2. The largest absolute Gasteiger partial charge is 0.544 e. The monoisotopic (exact) mass is 563 g/mol. The van der Waals surface area contributed by atoms with Gasteiger partial charge in [-0.1, -0.05) is 0 Å². The second-order valence-electron chi connectivity index (χ2n) is 5.81. The summed E-state index contributed by atoms with van der Waals surface area (Å²) in [6.45, 7) is 0. The zero-order valence-corrected chi connectivity index (χ0v) is 15.0. The number of carbonyl (C=O) groups is 1. The Labute approximate surface area is 171 Å². The molecule has 0 rings (SSSR count). The highest BCUT2D eigenvalue weighted by atomic mass is 19.4. The molecular weight excluding hydrogens is 558 g/mol. The van der Waals surface area contributed by atoms with E-state index >= 15 is 0 Å². The molecule has 0 radical (unpaired) electrons. The lowest BCUT2D eigenvalue weighted by Gasteiger charge is -2.44. The highest BCUT2D eigenvalue weighted by Gasteiger charge is 2.96. The van der Waals surface area contributed by atoms with E-state index in [1.54, 1.807) is 0 Å². The van der Waals surface area contributed by atoms with Crippen molar-refractivity contribution in [2.45, 2.75) is 59.7 Å². The molecule has 3 nitrogen and oxygen atoms in total. The van der Waals surface area contributed by atoms with Crippen LogP contribution in [0.5, 0.6) is 0 Å². The number of carbonyl (C=O) groups excluding carboxylic acids is 1. The molecule has 0 amide bonds. The zero-order valence-electron chi connectivity index (χ0n) is 15.0. The lowest BCUT2D eigenvalue weighted by Crippen LogP contribution is -2.77. The molecule has 0 atom stereocenters. The van der Waals surface area contributed by atoms with Crippen molar-refractivity contribution in [2.24, 2.45) is 0 Å². The van der Waals surface area contributed by atoms with E-state index in [0.717, 1.165) is 0 Å². The smallest absolute Gasteiger partial charge is 0.385 e. The third kappa shape index (κ3) is 3.76. The topological polar surface area (TPSA) is 76.6 Å². The van der Waals surface area contributed by atoms with Crippen LogP contribution < -0.4 is 11.3 Å². The standard InChI is InChI=1S/C11H2F20O2.H3N/c12-1(13)3(14,15)5(18,19)7(22,23)9(26,27)11(30,31)10(28,29)8(24,25)6(20,21)4(16,17)2(32)33;/h1H,(H,32,33);1H3. The van der Waals surface area contributed by atoms with Crippen molar-refractivity contribution in [3.63, 3.8) is 0 Å².